The van der Waals surface area contributed by atoms with Crippen LogP contribution in [0.5, 0.6) is 0 Å². The number of rotatable bonds is 8. The van der Waals surface area contributed by atoms with Crippen molar-refractivity contribution in [2.24, 2.45) is 11.8 Å². The van der Waals surface area contributed by atoms with E-state index in [0.717, 1.165) is 17.4 Å². The van der Waals surface area contributed by atoms with Crippen LogP contribution in [0.3, 0.4) is 0 Å². The first kappa shape index (κ1) is 16.9. The maximum absolute atomic E-state index is 11.8. The van der Waals surface area contributed by atoms with E-state index in [1.165, 1.54) is 24.6 Å². The van der Waals surface area contributed by atoms with Crippen LogP contribution in [0.1, 0.15) is 40.5 Å². The van der Waals surface area contributed by atoms with Crippen LogP contribution < -0.4 is 0 Å². The van der Waals surface area contributed by atoms with Gasteiger partial charge >= 0.3 is 0 Å². The van der Waals surface area contributed by atoms with Gasteiger partial charge in [-0.1, -0.05) is 51.7 Å². The third-order valence-electron chi connectivity index (χ3n) is 3.23. The third kappa shape index (κ3) is 6.23. The molecule has 1 saturated heterocycles. The summed E-state index contributed by atoms with van der Waals surface area (Å²) >= 11 is 6.73. The van der Waals surface area contributed by atoms with E-state index in [2.05, 4.69) is 32.6 Å². The molecule has 1 fully saturated rings. The second-order valence-electron chi connectivity index (χ2n) is 6.00. The van der Waals surface area contributed by atoms with E-state index >= 15 is 0 Å². The summed E-state index contributed by atoms with van der Waals surface area (Å²) in [5.74, 6) is 2.06. The normalized spacial score (nSPS) is 16.5. The van der Waals surface area contributed by atoms with Crippen LogP contribution in [0.2, 0.25) is 0 Å². The minimum Gasteiger partial charge on any atom is -0.286 e. The number of hydrogen-bond donors (Lipinski definition) is 0. The van der Waals surface area contributed by atoms with Crippen molar-refractivity contribution >= 4 is 34.2 Å². The lowest BCUT2D eigenvalue weighted by Crippen LogP contribution is -2.41. The number of thiocarbonyl (C=S) groups is 1. The molecule has 5 heteroatoms. The highest BCUT2D eigenvalue weighted by Crippen LogP contribution is 2.20. The molecule has 0 aliphatic carbocycles. The molecule has 1 aliphatic rings. The summed E-state index contributed by atoms with van der Waals surface area (Å²) in [7, 11) is 0. The zero-order valence-electron chi connectivity index (χ0n) is 12.5. The van der Waals surface area contributed by atoms with E-state index in [1.807, 2.05) is 0 Å². The molecule has 3 nitrogen and oxygen atoms in total. The summed E-state index contributed by atoms with van der Waals surface area (Å²) in [5.41, 5.74) is 0. The number of thioether (sulfide) groups is 1. The molecule has 0 bridgehead atoms. The molecule has 1 aliphatic heterocycles. The highest BCUT2D eigenvalue weighted by molar-refractivity contribution is 8.23. The van der Waals surface area contributed by atoms with Gasteiger partial charge in [-0.25, -0.2) is 0 Å². The van der Waals surface area contributed by atoms with Gasteiger partial charge in [0.1, 0.15) is 4.32 Å². The molecule has 1 rings (SSSR count). The molecular weight excluding hydrogens is 276 g/mol. The Morgan fingerprint density at radius 2 is 1.74 bits per heavy atom. The Hall–Kier alpha value is -0.130. The molecule has 0 radical (unpaired) electrons. The van der Waals surface area contributed by atoms with Gasteiger partial charge in [-0.15, -0.1) is 0 Å². The van der Waals surface area contributed by atoms with Gasteiger partial charge in [0.15, 0.2) is 0 Å². The predicted molar refractivity (Wildman–Crippen MR) is 87.3 cm³/mol. The molecule has 0 spiro atoms. The summed E-state index contributed by atoms with van der Waals surface area (Å²) in [4.78, 5) is 15.9. The molecule has 0 aromatic rings. The highest BCUT2D eigenvalue weighted by Gasteiger charge is 2.28. The van der Waals surface area contributed by atoms with Crippen molar-refractivity contribution in [1.29, 1.82) is 0 Å². The smallest absolute Gasteiger partial charge is 0.239 e. The average molecular weight is 303 g/mol. The van der Waals surface area contributed by atoms with Crippen LogP contribution in [-0.2, 0) is 4.79 Å². The largest absolute Gasteiger partial charge is 0.286 e. The maximum Gasteiger partial charge on any atom is 0.239 e. The van der Waals surface area contributed by atoms with Gasteiger partial charge in [-0.2, -0.15) is 0 Å². The van der Waals surface area contributed by atoms with Gasteiger partial charge in [0.2, 0.25) is 5.91 Å². The van der Waals surface area contributed by atoms with Gasteiger partial charge in [-0.3, -0.25) is 14.6 Å². The van der Waals surface area contributed by atoms with Crippen molar-refractivity contribution in [3.05, 3.63) is 0 Å². The van der Waals surface area contributed by atoms with Gasteiger partial charge in [-0.05, 0) is 24.7 Å². The molecule has 0 aromatic heterocycles. The molecular formula is C14H26N2OS2. The van der Waals surface area contributed by atoms with Crippen LogP contribution in [0.4, 0.5) is 0 Å². The summed E-state index contributed by atoms with van der Waals surface area (Å²) in [5, 5.41) is 0. The first-order valence-corrected chi connectivity index (χ1v) is 8.49. The first-order chi connectivity index (χ1) is 8.90. The first-order valence-electron chi connectivity index (χ1n) is 7.09. The van der Waals surface area contributed by atoms with Crippen LogP contribution >= 0.6 is 24.0 Å². The van der Waals surface area contributed by atoms with Gasteiger partial charge in [0.25, 0.3) is 0 Å². The summed E-state index contributed by atoms with van der Waals surface area (Å²) in [6.45, 7) is 11.7. The molecule has 0 unspecified atom stereocenters. The monoisotopic (exact) mass is 302 g/mol. The quantitative estimate of drug-likeness (QED) is 0.643. The van der Waals surface area contributed by atoms with Crippen molar-refractivity contribution in [3.63, 3.8) is 0 Å². The fourth-order valence-corrected chi connectivity index (χ4v) is 2.91. The van der Waals surface area contributed by atoms with Crippen LogP contribution in [0.25, 0.3) is 0 Å². The van der Waals surface area contributed by atoms with E-state index < -0.39 is 0 Å². The van der Waals surface area contributed by atoms with Gasteiger partial charge in [0.05, 0.1) is 12.4 Å². The molecule has 110 valence electrons. The molecule has 19 heavy (non-hydrogen) atoms. The summed E-state index contributed by atoms with van der Waals surface area (Å²) in [6, 6.07) is 0. The van der Waals surface area contributed by atoms with E-state index in [1.54, 1.807) is 4.90 Å². The minimum absolute atomic E-state index is 0.161. The Balaban J connectivity index is 2.51. The predicted octanol–water partition coefficient (Wildman–Crippen LogP) is 3.20. The van der Waals surface area contributed by atoms with Crippen LogP contribution in [-0.4, -0.2) is 45.5 Å². The van der Waals surface area contributed by atoms with E-state index in [-0.39, 0.29) is 5.91 Å². The Labute approximate surface area is 127 Å². The number of amides is 1. The van der Waals surface area contributed by atoms with Crippen molar-refractivity contribution in [2.75, 3.05) is 25.5 Å². The molecule has 0 aromatic carbocycles. The number of nitrogens with zero attached hydrogens (tertiary/aromatic N) is 2. The molecule has 0 atom stereocenters. The standard InChI is InChI=1S/C14H26N2OS2/c1-11(2)5-7-15(8-6-12(3)4)10-16-13(17)9-19-14(16)18/h11-12H,5-10H2,1-4H3. The SMILES string of the molecule is CC(C)CCN(CCC(C)C)CN1C(=O)CSC1=S. The highest BCUT2D eigenvalue weighted by atomic mass is 32.2. The Morgan fingerprint density at radius 3 is 2.11 bits per heavy atom. The van der Waals surface area contributed by atoms with Gasteiger partial charge < -0.3 is 0 Å². The Bertz CT molecular complexity index is 291. The lowest BCUT2D eigenvalue weighted by Gasteiger charge is -2.28. The summed E-state index contributed by atoms with van der Waals surface area (Å²) in [6.07, 6.45) is 2.33. The average Bonchev–Trinajstić information content (AvgIpc) is 2.63. The zero-order chi connectivity index (χ0) is 14.4. The second-order valence-corrected chi connectivity index (χ2v) is 7.61. The lowest BCUT2D eigenvalue weighted by atomic mass is 10.1. The minimum atomic E-state index is 0.161. The molecule has 1 heterocycles. The van der Waals surface area contributed by atoms with Crippen LogP contribution in [0.15, 0.2) is 0 Å². The van der Waals surface area contributed by atoms with Crippen molar-refractivity contribution in [3.8, 4) is 0 Å². The lowest BCUT2D eigenvalue weighted by molar-refractivity contribution is -0.125. The van der Waals surface area contributed by atoms with E-state index in [0.29, 0.717) is 24.3 Å². The number of carbonyl (C=O) groups is 1. The third-order valence-corrected chi connectivity index (χ3v) is 4.66. The van der Waals surface area contributed by atoms with E-state index in [4.69, 9.17) is 12.2 Å². The van der Waals surface area contributed by atoms with Crippen molar-refractivity contribution in [1.82, 2.24) is 9.80 Å². The van der Waals surface area contributed by atoms with Gasteiger partial charge in [0, 0.05) is 13.1 Å². The zero-order valence-corrected chi connectivity index (χ0v) is 14.1. The number of hydrogen-bond acceptors (Lipinski definition) is 4. The van der Waals surface area contributed by atoms with E-state index in [9.17, 15) is 4.79 Å². The second kappa shape index (κ2) is 8.22. The number of carbonyl (C=O) groups excluding carboxylic acids is 1. The van der Waals surface area contributed by atoms with Crippen LogP contribution in [0, 0.1) is 11.8 Å². The topological polar surface area (TPSA) is 23.6 Å². The van der Waals surface area contributed by atoms with Crippen molar-refractivity contribution in [2.45, 2.75) is 40.5 Å². The summed E-state index contributed by atoms with van der Waals surface area (Å²) < 4.78 is 0.740. The fraction of sp³-hybridized carbons (Fsp3) is 0.857. The molecule has 0 N–H and O–H groups in total. The van der Waals surface area contributed by atoms with Crippen molar-refractivity contribution < 1.29 is 4.79 Å². The molecule has 1 amide bonds. The maximum atomic E-state index is 11.8. The Kier molecular flexibility index (Phi) is 7.32. The fourth-order valence-electron chi connectivity index (χ4n) is 1.85. The Morgan fingerprint density at radius 1 is 1.21 bits per heavy atom. The molecule has 0 saturated carbocycles.